The average Bonchev–Trinajstić information content (AvgIpc) is 3.57. The van der Waals surface area contributed by atoms with Gasteiger partial charge in [0.2, 0.25) is 5.91 Å². The number of carbonyl (C=O) groups excluding carboxylic acids is 1. The minimum absolute atomic E-state index is 0.0821. The number of rotatable bonds is 7. The van der Waals surface area contributed by atoms with Crippen molar-refractivity contribution in [3.05, 3.63) is 77.1 Å². The van der Waals surface area contributed by atoms with E-state index in [9.17, 15) is 19.6 Å². The number of carbonyl (C=O) groups is 1. The molecule has 0 unspecified atom stereocenters. The van der Waals surface area contributed by atoms with Crippen molar-refractivity contribution >= 4 is 33.8 Å². The van der Waals surface area contributed by atoms with E-state index in [1.165, 1.54) is 23.5 Å². The van der Waals surface area contributed by atoms with Crippen molar-refractivity contribution < 1.29 is 14.3 Å². The highest BCUT2D eigenvalue weighted by Crippen LogP contribution is 2.37. The number of pyridine rings is 1. The number of likely N-dealkylation sites (tertiary alicyclic amines) is 1. The average molecular weight is 569 g/mol. The molecule has 1 fully saturated rings. The van der Waals surface area contributed by atoms with Crippen LogP contribution in [-0.2, 0) is 17.6 Å². The monoisotopic (exact) mass is 568 g/mol. The highest BCUT2D eigenvalue weighted by molar-refractivity contribution is 7.16. The zero-order valence-electron chi connectivity index (χ0n) is 22.3. The highest BCUT2D eigenvalue weighted by Gasteiger charge is 2.29. The predicted octanol–water partition coefficient (Wildman–Crippen LogP) is 4.00. The van der Waals surface area contributed by atoms with Crippen LogP contribution in [0.1, 0.15) is 23.2 Å². The third kappa shape index (κ3) is 5.01. The molecule has 5 aromatic rings. The third-order valence-corrected chi connectivity index (χ3v) is 8.02. The van der Waals surface area contributed by atoms with Gasteiger partial charge in [-0.3, -0.25) is 19.2 Å². The smallest absolute Gasteiger partial charge is 0.228 e. The number of hydrogen-bond acceptors (Lipinski definition) is 9. The van der Waals surface area contributed by atoms with E-state index < -0.39 is 6.10 Å². The van der Waals surface area contributed by atoms with Gasteiger partial charge in [0, 0.05) is 43.7 Å². The SMILES string of the molecule is CCc1nc2ccc(-c3cnc(CC(=O)N4CC(O)C4)cn3)cn2c1N(C)c1nc(-c2ccc(F)cc2)c(C#N)s1. The van der Waals surface area contributed by atoms with Gasteiger partial charge in [-0.1, -0.05) is 18.3 Å². The molecule has 1 saturated heterocycles. The first-order chi connectivity index (χ1) is 19.8. The lowest BCUT2D eigenvalue weighted by atomic mass is 10.1. The molecule has 206 valence electrons. The summed E-state index contributed by atoms with van der Waals surface area (Å²) in [5.41, 5.74) is 4.79. The number of nitriles is 1. The van der Waals surface area contributed by atoms with Crippen LogP contribution in [-0.4, -0.2) is 66.5 Å². The van der Waals surface area contributed by atoms with E-state index in [1.54, 1.807) is 29.4 Å². The summed E-state index contributed by atoms with van der Waals surface area (Å²) in [5, 5.41) is 19.8. The molecule has 6 rings (SSSR count). The Morgan fingerprint density at radius 1 is 1.15 bits per heavy atom. The van der Waals surface area contributed by atoms with E-state index in [2.05, 4.69) is 16.0 Å². The maximum absolute atomic E-state index is 13.5. The number of aliphatic hydroxyl groups is 1. The molecule has 1 aliphatic rings. The molecule has 1 amide bonds. The number of fused-ring (bicyclic) bond motifs is 1. The van der Waals surface area contributed by atoms with Crippen LogP contribution in [0.25, 0.3) is 28.2 Å². The van der Waals surface area contributed by atoms with Crippen LogP contribution in [0.5, 0.6) is 0 Å². The van der Waals surface area contributed by atoms with Crippen molar-refractivity contribution in [3.63, 3.8) is 0 Å². The number of β-amino-alcohol motifs (C(OH)–C–C–N with tert-alkyl or cyclic N) is 1. The van der Waals surface area contributed by atoms with Crippen LogP contribution in [0, 0.1) is 17.1 Å². The second-order valence-electron chi connectivity index (χ2n) is 9.76. The topological polar surface area (TPSA) is 124 Å². The molecule has 0 radical (unpaired) electrons. The van der Waals surface area contributed by atoms with Gasteiger partial charge in [0.15, 0.2) is 5.13 Å². The standard InChI is InChI=1S/C29H25FN8O2S/c1-3-22-28(36(2)29-35-27(24(11-31)41-29)17-4-7-19(30)8-5-17)38-14-18(6-9-25(38)34-22)23-13-32-20(12-33-23)10-26(40)37-15-21(39)16-37/h4-9,12-14,21,39H,3,10,15-16H2,1-2H3. The molecule has 4 aromatic heterocycles. The van der Waals surface area contributed by atoms with Gasteiger partial charge in [-0.05, 0) is 42.8 Å². The number of aliphatic hydroxyl groups excluding tert-OH is 1. The summed E-state index contributed by atoms with van der Waals surface area (Å²) >= 11 is 1.26. The molecule has 5 heterocycles. The first-order valence-corrected chi connectivity index (χ1v) is 13.8. The Kier molecular flexibility index (Phi) is 6.90. The maximum atomic E-state index is 13.5. The van der Waals surface area contributed by atoms with Crippen molar-refractivity contribution in [1.82, 2.24) is 29.2 Å². The number of nitrogens with zero attached hydrogens (tertiary/aromatic N) is 8. The molecule has 12 heteroatoms. The lowest BCUT2D eigenvalue weighted by Gasteiger charge is -2.35. The van der Waals surface area contributed by atoms with E-state index in [1.807, 2.05) is 41.6 Å². The van der Waals surface area contributed by atoms with Crippen LogP contribution >= 0.6 is 11.3 Å². The second-order valence-corrected chi connectivity index (χ2v) is 10.7. The Morgan fingerprint density at radius 3 is 2.56 bits per heavy atom. The van der Waals surface area contributed by atoms with Crippen LogP contribution in [0.4, 0.5) is 15.3 Å². The van der Waals surface area contributed by atoms with E-state index in [0.717, 1.165) is 22.7 Å². The number of halogens is 1. The Bertz CT molecular complexity index is 1790. The van der Waals surface area contributed by atoms with E-state index >= 15 is 0 Å². The minimum Gasteiger partial charge on any atom is -0.389 e. The van der Waals surface area contributed by atoms with Gasteiger partial charge in [0.1, 0.15) is 33.9 Å². The first kappa shape index (κ1) is 26.5. The second kappa shape index (κ2) is 10.7. The number of benzene rings is 1. The Labute approximate surface area is 239 Å². The molecule has 0 aliphatic carbocycles. The van der Waals surface area contributed by atoms with Gasteiger partial charge in [0.25, 0.3) is 0 Å². The molecule has 0 saturated carbocycles. The highest BCUT2D eigenvalue weighted by atomic mass is 32.1. The maximum Gasteiger partial charge on any atom is 0.228 e. The molecule has 10 nitrogen and oxygen atoms in total. The number of hydrogen-bond donors (Lipinski definition) is 1. The molecule has 1 N–H and O–H groups in total. The summed E-state index contributed by atoms with van der Waals surface area (Å²) in [6, 6.07) is 12.0. The summed E-state index contributed by atoms with van der Waals surface area (Å²) < 4.78 is 15.5. The minimum atomic E-state index is -0.441. The van der Waals surface area contributed by atoms with Crippen molar-refractivity contribution in [2.24, 2.45) is 0 Å². The van der Waals surface area contributed by atoms with E-state index in [0.29, 0.717) is 52.2 Å². The molecule has 0 spiro atoms. The summed E-state index contributed by atoms with van der Waals surface area (Å²) in [7, 11) is 1.88. The number of imidazole rings is 1. The van der Waals surface area contributed by atoms with Crippen LogP contribution < -0.4 is 4.90 Å². The van der Waals surface area contributed by atoms with Crippen molar-refractivity contribution in [2.75, 3.05) is 25.0 Å². The van der Waals surface area contributed by atoms with Crippen molar-refractivity contribution in [2.45, 2.75) is 25.9 Å². The first-order valence-electron chi connectivity index (χ1n) is 13.0. The molecule has 0 bridgehead atoms. The van der Waals surface area contributed by atoms with Gasteiger partial charge in [0.05, 0.1) is 35.8 Å². The normalized spacial score (nSPS) is 13.3. The Balaban J connectivity index is 1.31. The summed E-state index contributed by atoms with van der Waals surface area (Å²) in [6.07, 6.45) is 5.54. The van der Waals surface area contributed by atoms with E-state index in [-0.39, 0.29) is 18.1 Å². The Hall–Kier alpha value is -4.73. The van der Waals surface area contributed by atoms with Gasteiger partial charge >= 0.3 is 0 Å². The predicted molar refractivity (Wildman–Crippen MR) is 152 cm³/mol. The number of anilines is 2. The third-order valence-electron chi connectivity index (χ3n) is 6.99. The van der Waals surface area contributed by atoms with Gasteiger partial charge in [-0.2, -0.15) is 5.26 Å². The summed E-state index contributed by atoms with van der Waals surface area (Å²) in [4.78, 5) is 34.8. The zero-order valence-corrected chi connectivity index (χ0v) is 23.1. The van der Waals surface area contributed by atoms with Crippen molar-refractivity contribution in [1.29, 1.82) is 5.26 Å². The number of amides is 1. The molecule has 0 atom stereocenters. The fraction of sp³-hybridized carbons (Fsp3) is 0.241. The fourth-order valence-electron chi connectivity index (χ4n) is 4.77. The molecular weight excluding hydrogens is 543 g/mol. The van der Waals surface area contributed by atoms with E-state index in [4.69, 9.17) is 9.97 Å². The summed E-state index contributed by atoms with van der Waals surface area (Å²) in [5.74, 6) is 0.371. The van der Waals surface area contributed by atoms with Crippen LogP contribution in [0.15, 0.2) is 55.0 Å². The zero-order chi connectivity index (χ0) is 28.7. The van der Waals surface area contributed by atoms with Gasteiger partial charge in [-0.25, -0.2) is 14.4 Å². The molecule has 41 heavy (non-hydrogen) atoms. The number of thiazole rings is 1. The largest absolute Gasteiger partial charge is 0.389 e. The van der Waals surface area contributed by atoms with Crippen molar-refractivity contribution in [3.8, 4) is 28.6 Å². The molecule has 1 aliphatic heterocycles. The number of aryl methyl sites for hydroxylation is 1. The number of aromatic nitrogens is 5. The lowest BCUT2D eigenvalue weighted by Crippen LogP contribution is -2.54. The van der Waals surface area contributed by atoms with Gasteiger partial charge < -0.3 is 14.9 Å². The summed E-state index contributed by atoms with van der Waals surface area (Å²) in [6.45, 7) is 2.75. The lowest BCUT2D eigenvalue weighted by molar-refractivity contribution is -0.140. The molecular formula is C29H25FN8O2S. The fourth-order valence-corrected chi connectivity index (χ4v) is 5.62. The molecule has 1 aromatic carbocycles. The van der Waals surface area contributed by atoms with Crippen LogP contribution in [0.2, 0.25) is 0 Å². The quantitative estimate of drug-likeness (QED) is 0.313. The van der Waals surface area contributed by atoms with Gasteiger partial charge in [-0.15, -0.1) is 0 Å². The van der Waals surface area contributed by atoms with Crippen LogP contribution in [0.3, 0.4) is 0 Å². The Morgan fingerprint density at radius 2 is 1.90 bits per heavy atom.